The highest BCUT2D eigenvalue weighted by Gasteiger charge is 2.07. The number of fused-ring (bicyclic) bond motifs is 1. The first-order valence-corrected chi connectivity index (χ1v) is 7.04. The lowest BCUT2D eigenvalue weighted by atomic mass is 10.2. The predicted molar refractivity (Wildman–Crippen MR) is 79.5 cm³/mol. The Labute approximate surface area is 121 Å². The van der Waals surface area contributed by atoms with E-state index in [0.717, 1.165) is 27.2 Å². The Morgan fingerprint density at radius 2 is 1.79 bits per heavy atom. The van der Waals surface area contributed by atoms with Gasteiger partial charge in [0.25, 0.3) is 5.91 Å². The molecular formula is C13H8BrN3OS. The second-order valence-corrected chi connectivity index (χ2v) is 5.37. The van der Waals surface area contributed by atoms with Gasteiger partial charge in [-0.15, -0.1) is 0 Å². The Kier molecular flexibility index (Phi) is 3.27. The van der Waals surface area contributed by atoms with Crippen LogP contribution in [0, 0.1) is 0 Å². The lowest BCUT2D eigenvalue weighted by Gasteiger charge is -2.05. The first kappa shape index (κ1) is 12.3. The molecule has 3 rings (SSSR count). The van der Waals surface area contributed by atoms with Crippen molar-refractivity contribution in [2.45, 2.75) is 0 Å². The van der Waals surface area contributed by atoms with Crippen molar-refractivity contribution in [2.75, 3.05) is 5.32 Å². The van der Waals surface area contributed by atoms with Gasteiger partial charge in [-0.1, -0.05) is 15.9 Å². The summed E-state index contributed by atoms with van der Waals surface area (Å²) in [5.41, 5.74) is 2.96. The van der Waals surface area contributed by atoms with Crippen LogP contribution >= 0.6 is 27.7 Å². The fraction of sp³-hybridized carbons (Fsp3) is 0. The number of hydrogen-bond donors (Lipinski definition) is 1. The molecule has 0 aliphatic carbocycles. The van der Waals surface area contributed by atoms with E-state index >= 15 is 0 Å². The molecule has 0 radical (unpaired) electrons. The fourth-order valence-corrected chi connectivity index (χ4v) is 2.45. The minimum Gasteiger partial charge on any atom is -0.322 e. The Morgan fingerprint density at radius 1 is 1.05 bits per heavy atom. The molecule has 0 fully saturated rings. The Morgan fingerprint density at radius 3 is 2.58 bits per heavy atom. The topological polar surface area (TPSA) is 54.9 Å². The average molecular weight is 334 g/mol. The van der Waals surface area contributed by atoms with Crippen molar-refractivity contribution in [2.24, 2.45) is 0 Å². The maximum Gasteiger partial charge on any atom is 0.255 e. The van der Waals surface area contributed by atoms with Gasteiger partial charge in [0, 0.05) is 15.7 Å². The number of amides is 1. The molecule has 6 heteroatoms. The van der Waals surface area contributed by atoms with Crippen LogP contribution < -0.4 is 5.32 Å². The van der Waals surface area contributed by atoms with E-state index in [1.165, 1.54) is 0 Å². The molecule has 3 aromatic rings. The molecule has 0 aliphatic rings. The second kappa shape index (κ2) is 5.07. The zero-order chi connectivity index (χ0) is 13.2. The zero-order valence-electron chi connectivity index (χ0n) is 9.63. The number of aromatic nitrogens is 2. The van der Waals surface area contributed by atoms with Gasteiger partial charge in [-0.3, -0.25) is 4.79 Å². The van der Waals surface area contributed by atoms with Crippen LogP contribution in [-0.2, 0) is 0 Å². The summed E-state index contributed by atoms with van der Waals surface area (Å²) in [7, 11) is 0. The zero-order valence-corrected chi connectivity index (χ0v) is 12.0. The van der Waals surface area contributed by atoms with E-state index in [4.69, 9.17) is 0 Å². The Balaban J connectivity index is 1.83. The minimum absolute atomic E-state index is 0.143. The van der Waals surface area contributed by atoms with Crippen LogP contribution in [0.5, 0.6) is 0 Å². The van der Waals surface area contributed by atoms with Crippen molar-refractivity contribution >= 4 is 50.3 Å². The van der Waals surface area contributed by atoms with E-state index in [1.807, 2.05) is 30.3 Å². The van der Waals surface area contributed by atoms with E-state index in [1.54, 1.807) is 12.1 Å². The van der Waals surface area contributed by atoms with Gasteiger partial charge in [0.15, 0.2) is 0 Å². The largest absolute Gasteiger partial charge is 0.322 e. The van der Waals surface area contributed by atoms with Gasteiger partial charge in [0.1, 0.15) is 11.0 Å². The summed E-state index contributed by atoms with van der Waals surface area (Å²) < 4.78 is 9.21. The maximum absolute atomic E-state index is 12.0. The van der Waals surface area contributed by atoms with E-state index in [0.29, 0.717) is 11.3 Å². The molecule has 19 heavy (non-hydrogen) atoms. The number of nitrogens with zero attached hydrogens (tertiary/aromatic N) is 2. The molecule has 0 saturated carbocycles. The first-order chi connectivity index (χ1) is 9.22. The monoisotopic (exact) mass is 333 g/mol. The minimum atomic E-state index is -0.143. The third-order valence-corrected chi connectivity index (χ3v) is 3.70. The summed E-state index contributed by atoms with van der Waals surface area (Å²) in [5, 5.41) is 2.84. The summed E-state index contributed by atoms with van der Waals surface area (Å²) in [4.78, 5) is 12.0. The molecule has 94 valence electrons. The first-order valence-electron chi connectivity index (χ1n) is 5.51. The quantitative estimate of drug-likeness (QED) is 0.777. The third kappa shape index (κ3) is 2.64. The van der Waals surface area contributed by atoms with Crippen LogP contribution in [0.1, 0.15) is 10.4 Å². The third-order valence-electron chi connectivity index (χ3n) is 2.62. The molecule has 0 atom stereocenters. The van der Waals surface area contributed by atoms with Gasteiger partial charge in [-0.2, -0.15) is 8.75 Å². The van der Waals surface area contributed by atoms with Crippen molar-refractivity contribution < 1.29 is 4.79 Å². The molecule has 4 nitrogen and oxygen atoms in total. The summed E-state index contributed by atoms with van der Waals surface area (Å²) >= 11 is 4.50. The molecule has 1 N–H and O–H groups in total. The molecule has 0 bridgehead atoms. The van der Waals surface area contributed by atoms with Crippen molar-refractivity contribution in [3.63, 3.8) is 0 Å². The summed E-state index contributed by atoms with van der Waals surface area (Å²) in [6.45, 7) is 0. The number of anilines is 1. The van der Waals surface area contributed by atoms with Crippen LogP contribution in [0.4, 0.5) is 5.69 Å². The number of carbonyl (C=O) groups is 1. The molecule has 0 spiro atoms. The molecular weight excluding hydrogens is 326 g/mol. The van der Waals surface area contributed by atoms with Gasteiger partial charge in [0.2, 0.25) is 0 Å². The Hall–Kier alpha value is -1.79. The molecule has 0 saturated heterocycles. The van der Waals surface area contributed by atoms with Crippen LogP contribution in [0.25, 0.3) is 11.0 Å². The summed E-state index contributed by atoms with van der Waals surface area (Å²) in [6, 6.07) is 12.7. The van der Waals surface area contributed by atoms with Crippen LogP contribution in [-0.4, -0.2) is 14.7 Å². The van der Waals surface area contributed by atoms with Crippen molar-refractivity contribution in [1.82, 2.24) is 8.75 Å². The SMILES string of the molecule is O=C(Nc1ccc2nsnc2c1)c1ccc(Br)cc1. The number of carbonyl (C=O) groups excluding carboxylic acids is 1. The number of nitrogens with one attached hydrogen (secondary N) is 1. The van der Waals surface area contributed by atoms with E-state index in [-0.39, 0.29) is 5.91 Å². The van der Waals surface area contributed by atoms with Crippen LogP contribution in [0.2, 0.25) is 0 Å². The van der Waals surface area contributed by atoms with Crippen molar-refractivity contribution in [1.29, 1.82) is 0 Å². The molecule has 0 aliphatic heterocycles. The highest BCUT2D eigenvalue weighted by molar-refractivity contribution is 9.10. The van der Waals surface area contributed by atoms with Gasteiger partial charge < -0.3 is 5.32 Å². The Bertz CT molecular complexity index is 739. The fourth-order valence-electron chi connectivity index (χ4n) is 1.66. The average Bonchev–Trinajstić information content (AvgIpc) is 2.87. The van der Waals surface area contributed by atoms with E-state index < -0.39 is 0 Å². The number of benzene rings is 2. The number of halogens is 1. The van der Waals surface area contributed by atoms with Crippen LogP contribution in [0.3, 0.4) is 0 Å². The molecule has 1 heterocycles. The van der Waals surface area contributed by atoms with Crippen LogP contribution in [0.15, 0.2) is 46.9 Å². The molecule has 1 amide bonds. The summed E-state index contributed by atoms with van der Waals surface area (Å²) in [6.07, 6.45) is 0. The highest BCUT2D eigenvalue weighted by Crippen LogP contribution is 2.18. The number of rotatable bonds is 2. The van der Waals surface area contributed by atoms with Crippen molar-refractivity contribution in [3.05, 3.63) is 52.5 Å². The van der Waals surface area contributed by atoms with E-state index in [2.05, 4.69) is 30.0 Å². The van der Waals surface area contributed by atoms with Gasteiger partial charge in [-0.25, -0.2) is 0 Å². The molecule has 2 aromatic carbocycles. The standard InChI is InChI=1S/C13H8BrN3OS/c14-9-3-1-8(2-4-9)13(18)15-10-5-6-11-12(7-10)17-19-16-11/h1-7H,(H,15,18). The van der Waals surface area contributed by atoms with Gasteiger partial charge in [0.05, 0.1) is 11.7 Å². The highest BCUT2D eigenvalue weighted by atomic mass is 79.9. The second-order valence-electron chi connectivity index (χ2n) is 3.93. The predicted octanol–water partition coefficient (Wildman–Crippen LogP) is 3.71. The smallest absolute Gasteiger partial charge is 0.255 e. The van der Waals surface area contributed by atoms with E-state index in [9.17, 15) is 4.79 Å². The van der Waals surface area contributed by atoms with Crippen molar-refractivity contribution in [3.8, 4) is 0 Å². The molecule has 1 aromatic heterocycles. The maximum atomic E-state index is 12.0. The van der Waals surface area contributed by atoms with Gasteiger partial charge >= 0.3 is 0 Å². The normalized spacial score (nSPS) is 10.6. The lowest BCUT2D eigenvalue weighted by Crippen LogP contribution is -2.11. The lowest BCUT2D eigenvalue weighted by molar-refractivity contribution is 0.102. The summed E-state index contributed by atoms with van der Waals surface area (Å²) in [5.74, 6) is -0.143. The molecule has 0 unspecified atom stereocenters. The number of hydrogen-bond acceptors (Lipinski definition) is 4. The van der Waals surface area contributed by atoms with Gasteiger partial charge in [-0.05, 0) is 42.5 Å².